The van der Waals surface area contributed by atoms with Gasteiger partial charge in [-0.15, -0.1) is 0 Å². The number of hydrogen-bond donors (Lipinski definition) is 0. The molecular formula is C14H22FN. The number of likely N-dealkylation sites (tertiary alicyclic amines) is 1. The first-order valence-corrected chi connectivity index (χ1v) is 6.76. The third kappa shape index (κ3) is 1.25. The lowest BCUT2D eigenvalue weighted by Gasteiger charge is -2.31. The standard InChI is InChI=1S/C14H22FN/c1-4-13-14-9-5-10(12(15)6-9)11(14)7-16(13)8(2)3/h6,8-11,13-14H,4-5,7H2,1-3H3. The number of halogens is 1. The SMILES string of the molecule is CCC1C2C3C=C(F)C(C3)C2CN1C(C)C. The van der Waals surface area contributed by atoms with E-state index in [9.17, 15) is 4.39 Å². The third-order valence-electron chi connectivity index (χ3n) is 5.13. The van der Waals surface area contributed by atoms with Gasteiger partial charge in [0.1, 0.15) is 0 Å². The van der Waals surface area contributed by atoms with Crippen LogP contribution in [0.2, 0.25) is 0 Å². The van der Waals surface area contributed by atoms with E-state index in [4.69, 9.17) is 0 Å². The summed E-state index contributed by atoms with van der Waals surface area (Å²) in [7, 11) is 0. The molecule has 3 rings (SSSR count). The van der Waals surface area contributed by atoms with Crippen molar-refractivity contribution in [3.63, 3.8) is 0 Å². The molecule has 0 aromatic rings. The first-order valence-electron chi connectivity index (χ1n) is 6.76. The largest absolute Gasteiger partial charge is 0.297 e. The minimum Gasteiger partial charge on any atom is -0.297 e. The van der Waals surface area contributed by atoms with Gasteiger partial charge in [-0.2, -0.15) is 0 Å². The van der Waals surface area contributed by atoms with E-state index in [-0.39, 0.29) is 11.7 Å². The molecule has 0 radical (unpaired) electrons. The van der Waals surface area contributed by atoms with Crippen LogP contribution in [0.4, 0.5) is 4.39 Å². The number of hydrogen-bond acceptors (Lipinski definition) is 1. The van der Waals surface area contributed by atoms with Gasteiger partial charge in [-0.1, -0.05) is 6.92 Å². The van der Waals surface area contributed by atoms with Crippen molar-refractivity contribution < 1.29 is 4.39 Å². The Morgan fingerprint density at radius 3 is 2.88 bits per heavy atom. The van der Waals surface area contributed by atoms with E-state index < -0.39 is 0 Å². The van der Waals surface area contributed by atoms with Gasteiger partial charge in [0.25, 0.3) is 0 Å². The van der Waals surface area contributed by atoms with E-state index in [0.29, 0.717) is 23.9 Å². The monoisotopic (exact) mass is 223 g/mol. The number of fused-ring (bicyclic) bond motifs is 5. The fourth-order valence-corrected chi connectivity index (χ4v) is 4.56. The molecule has 2 heteroatoms. The smallest absolute Gasteiger partial charge is 0.0997 e. The number of rotatable bonds is 2. The molecule has 1 heterocycles. The van der Waals surface area contributed by atoms with Crippen LogP contribution in [0.3, 0.4) is 0 Å². The highest BCUT2D eigenvalue weighted by Crippen LogP contribution is 2.57. The van der Waals surface area contributed by atoms with Gasteiger partial charge in [0.15, 0.2) is 0 Å². The molecule has 90 valence electrons. The van der Waals surface area contributed by atoms with Gasteiger partial charge in [0.05, 0.1) is 5.83 Å². The lowest BCUT2D eigenvalue weighted by Crippen LogP contribution is -2.38. The van der Waals surface area contributed by atoms with Crippen LogP contribution in [0.5, 0.6) is 0 Å². The van der Waals surface area contributed by atoms with Crippen LogP contribution >= 0.6 is 0 Å². The molecule has 2 bridgehead atoms. The molecule has 16 heavy (non-hydrogen) atoms. The van der Waals surface area contributed by atoms with Gasteiger partial charge >= 0.3 is 0 Å². The molecule has 5 unspecified atom stereocenters. The second kappa shape index (κ2) is 3.56. The first kappa shape index (κ1) is 10.8. The molecule has 2 fully saturated rings. The normalized spacial score (nSPS) is 46.6. The Kier molecular flexibility index (Phi) is 2.39. The van der Waals surface area contributed by atoms with E-state index in [1.54, 1.807) is 0 Å². The summed E-state index contributed by atoms with van der Waals surface area (Å²) in [6.07, 6.45) is 4.25. The Morgan fingerprint density at radius 2 is 2.25 bits per heavy atom. The van der Waals surface area contributed by atoms with Crippen molar-refractivity contribution in [1.29, 1.82) is 0 Å². The van der Waals surface area contributed by atoms with Crippen LogP contribution < -0.4 is 0 Å². The lowest BCUT2D eigenvalue weighted by molar-refractivity contribution is 0.163. The van der Waals surface area contributed by atoms with Crippen molar-refractivity contribution in [1.82, 2.24) is 4.90 Å². The summed E-state index contributed by atoms with van der Waals surface area (Å²) in [4.78, 5) is 2.61. The van der Waals surface area contributed by atoms with Crippen molar-refractivity contribution in [3.05, 3.63) is 11.9 Å². The molecule has 2 aliphatic carbocycles. The summed E-state index contributed by atoms with van der Waals surface area (Å²) in [5.41, 5.74) is 0. The molecular weight excluding hydrogens is 201 g/mol. The molecule has 0 amide bonds. The molecule has 1 nitrogen and oxygen atoms in total. The zero-order valence-corrected chi connectivity index (χ0v) is 10.5. The van der Waals surface area contributed by atoms with Gasteiger partial charge in [0, 0.05) is 24.5 Å². The first-order chi connectivity index (χ1) is 7.63. The Morgan fingerprint density at radius 1 is 1.50 bits per heavy atom. The lowest BCUT2D eigenvalue weighted by atomic mass is 9.81. The highest BCUT2D eigenvalue weighted by atomic mass is 19.1. The molecule has 0 aromatic carbocycles. The predicted molar refractivity (Wildman–Crippen MR) is 63.7 cm³/mol. The molecule has 5 atom stereocenters. The average molecular weight is 223 g/mol. The third-order valence-corrected chi connectivity index (χ3v) is 5.13. The Hall–Kier alpha value is -0.370. The van der Waals surface area contributed by atoms with Crippen molar-refractivity contribution in [2.24, 2.45) is 23.7 Å². The van der Waals surface area contributed by atoms with E-state index in [1.165, 1.54) is 6.42 Å². The van der Waals surface area contributed by atoms with E-state index in [0.717, 1.165) is 18.9 Å². The van der Waals surface area contributed by atoms with Gasteiger partial charge in [-0.3, -0.25) is 4.90 Å². The zero-order chi connectivity index (χ0) is 11.4. The fraction of sp³-hybridized carbons (Fsp3) is 0.857. The molecule has 1 saturated carbocycles. The van der Waals surface area contributed by atoms with Crippen LogP contribution in [0, 0.1) is 23.7 Å². The minimum absolute atomic E-state index is 0.201. The molecule has 1 aliphatic heterocycles. The predicted octanol–water partition coefficient (Wildman–Crippen LogP) is 3.22. The second-order valence-electron chi connectivity index (χ2n) is 6.06. The van der Waals surface area contributed by atoms with Gasteiger partial charge in [0.2, 0.25) is 0 Å². The van der Waals surface area contributed by atoms with Crippen LogP contribution in [0.25, 0.3) is 0 Å². The summed E-state index contributed by atoms with van der Waals surface area (Å²) < 4.78 is 13.7. The fourth-order valence-electron chi connectivity index (χ4n) is 4.56. The maximum absolute atomic E-state index is 13.7. The Labute approximate surface area is 97.7 Å². The van der Waals surface area contributed by atoms with E-state index in [1.807, 2.05) is 6.08 Å². The summed E-state index contributed by atoms with van der Waals surface area (Å²) >= 11 is 0. The van der Waals surface area contributed by atoms with Gasteiger partial charge in [-0.05, 0) is 50.5 Å². The Balaban J connectivity index is 1.88. The van der Waals surface area contributed by atoms with Gasteiger partial charge < -0.3 is 0 Å². The van der Waals surface area contributed by atoms with Crippen molar-refractivity contribution in [2.75, 3.05) is 6.54 Å². The Bertz CT molecular complexity index is 323. The van der Waals surface area contributed by atoms with E-state index >= 15 is 0 Å². The summed E-state index contributed by atoms with van der Waals surface area (Å²) in [5, 5.41) is 0. The van der Waals surface area contributed by atoms with E-state index in [2.05, 4.69) is 25.7 Å². The summed E-state index contributed by atoms with van der Waals surface area (Å²) in [5.74, 6) is 2.38. The maximum atomic E-state index is 13.7. The molecule has 1 saturated heterocycles. The molecule has 0 N–H and O–H groups in total. The van der Waals surface area contributed by atoms with Crippen molar-refractivity contribution >= 4 is 0 Å². The number of allylic oxidation sites excluding steroid dienone is 2. The summed E-state index contributed by atoms with van der Waals surface area (Å²) in [6.45, 7) is 7.96. The van der Waals surface area contributed by atoms with Crippen molar-refractivity contribution in [3.8, 4) is 0 Å². The van der Waals surface area contributed by atoms with Crippen LogP contribution in [0.15, 0.2) is 11.9 Å². The van der Waals surface area contributed by atoms with Crippen LogP contribution in [0.1, 0.15) is 33.6 Å². The molecule has 0 spiro atoms. The zero-order valence-electron chi connectivity index (χ0n) is 10.5. The van der Waals surface area contributed by atoms with Gasteiger partial charge in [-0.25, -0.2) is 4.39 Å². The average Bonchev–Trinajstić information content (AvgIpc) is 2.84. The number of nitrogens with zero attached hydrogens (tertiary/aromatic N) is 1. The van der Waals surface area contributed by atoms with Crippen LogP contribution in [-0.4, -0.2) is 23.5 Å². The van der Waals surface area contributed by atoms with Crippen molar-refractivity contribution in [2.45, 2.75) is 45.7 Å². The summed E-state index contributed by atoms with van der Waals surface area (Å²) in [6, 6.07) is 1.31. The quantitative estimate of drug-likeness (QED) is 0.694. The molecule has 0 aromatic heterocycles. The van der Waals surface area contributed by atoms with Crippen LogP contribution in [-0.2, 0) is 0 Å². The topological polar surface area (TPSA) is 3.24 Å². The minimum atomic E-state index is 0.201. The second-order valence-corrected chi connectivity index (χ2v) is 6.06. The highest BCUT2D eigenvalue weighted by molar-refractivity contribution is 5.22. The molecule has 3 aliphatic rings. The maximum Gasteiger partial charge on any atom is 0.0997 e. The highest BCUT2D eigenvalue weighted by Gasteiger charge is 2.56.